The van der Waals surface area contributed by atoms with Crippen molar-refractivity contribution in [2.45, 2.75) is 13.5 Å². The van der Waals surface area contributed by atoms with Gasteiger partial charge in [-0.3, -0.25) is 14.6 Å². The molecule has 0 radical (unpaired) electrons. The van der Waals surface area contributed by atoms with E-state index in [1.54, 1.807) is 26.3 Å². The van der Waals surface area contributed by atoms with Crippen LogP contribution in [0.5, 0.6) is 0 Å². The van der Waals surface area contributed by atoms with Crippen molar-refractivity contribution in [3.05, 3.63) is 29.2 Å². The number of carbonyl (C=O) groups is 1. The van der Waals surface area contributed by atoms with Crippen molar-refractivity contribution >= 4 is 11.7 Å². The number of hydrogen-bond donors (Lipinski definition) is 2. The number of carbonyl (C=O) groups excluding carboxylic acids is 1. The first-order valence-corrected chi connectivity index (χ1v) is 5.45. The smallest absolute Gasteiger partial charge is 0.275 e. The third-order valence-electron chi connectivity index (χ3n) is 2.40. The fraction of sp³-hybridized carbons (Fsp3) is 0.364. The summed E-state index contributed by atoms with van der Waals surface area (Å²) in [6, 6.07) is 3.45. The summed E-state index contributed by atoms with van der Waals surface area (Å²) in [4.78, 5) is 12.0. The number of nitrogens with zero attached hydrogens (tertiary/aromatic N) is 3. The molecule has 0 bridgehead atoms. The second-order valence-electron chi connectivity index (χ2n) is 3.97. The molecule has 0 aliphatic rings. The Labute approximate surface area is 104 Å². The molecule has 2 aromatic heterocycles. The van der Waals surface area contributed by atoms with E-state index in [4.69, 9.17) is 4.74 Å². The SMILES string of the molecule is COCc1cc(C(=O)Nc2cc(C)[nH]n2)n(C)n1. The van der Waals surface area contributed by atoms with Crippen LogP contribution in [-0.2, 0) is 18.4 Å². The highest BCUT2D eigenvalue weighted by atomic mass is 16.5. The minimum atomic E-state index is -0.251. The number of aromatic amines is 1. The van der Waals surface area contributed by atoms with E-state index in [0.717, 1.165) is 5.69 Å². The molecule has 2 rings (SSSR count). The van der Waals surface area contributed by atoms with Crippen LogP contribution < -0.4 is 5.32 Å². The van der Waals surface area contributed by atoms with E-state index in [-0.39, 0.29) is 5.91 Å². The standard InChI is InChI=1S/C11H15N5O2/c1-7-4-10(14-13-7)12-11(17)9-5-8(6-18-3)15-16(9)2/h4-5H,6H2,1-3H3,(H2,12,13,14,17). The first-order valence-electron chi connectivity index (χ1n) is 5.45. The summed E-state index contributed by atoms with van der Waals surface area (Å²) in [5.41, 5.74) is 2.06. The van der Waals surface area contributed by atoms with Gasteiger partial charge in [0, 0.05) is 25.9 Å². The predicted molar refractivity (Wildman–Crippen MR) is 65.2 cm³/mol. The molecule has 0 fully saturated rings. The van der Waals surface area contributed by atoms with Gasteiger partial charge in [0.2, 0.25) is 0 Å². The molecule has 96 valence electrons. The summed E-state index contributed by atoms with van der Waals surface area (Å²) in [6.07, 6.45) is 0. The number of rotatable bonds is 4. The van der Waals surface area contributed by atoms with Crippen molar-refractivity contribution < 1.29 is 9.53 Å². The van der Waals surface area contributed by atoms with E-state index in [2.05, 4.69) is 20.6 Å². The molecular formula is C11H15N5O2. The van der Waals surface area contributed by atoms with E-state index < -0.39 is 0 Å². The van der Waals surface area contributed by atoms with Crippen molar-refractivity contribution in [3.63, 3.8) is 0 Å². The van der Waals surface area contributed by atoms with Gasteiger partial charge in [-0.15, -0.1) is 0 Å². The average molecular weight is 249 g/mol. The van der Waals surface area contributed by atoms with Gasteiger partial charge in [-0.2, -0.15) is 10.2 Å². The highest BCUT2D eigenvalue weighted by Gasteiger charge is 2.14. The lowest BCUT2D eigenvalue weighted by molar-refractivity contribution is 0.101. The predicted octanol–water partition coefficient (Wildman–Crippen LogP) is 0.850. The zero-order valence-electron chi connectivity index (χ0n) is 10.5. The summed E-state index contributed by atoms with van der Waals surface area (Å²) in [5, 5.41) is 13.6. The van der Waals surface area contributed by atoms with Crippen LogP contribution in [0.25, 0.3) is 0 Å². The normalized spacial score (nSPS) is 10.6. The van der Waals surface area contributed by atoms with Gasteiger partial charge in [-0.25, -0.2) is 0 Å². The number of methoxy groups -OCH3 is 1. The maximum absolute atomic E-state index is 12.0. The third-order valence-corrected chi connectivity index (χ3v) is 2.40. The Balaban J connectivity index is 2.13. The fourth-order valence-corrected chi connectivity index (χ4v) is 1.62. The number of amides is 1. The van der Waals surface area contributed by atoms with Crippen LogP contribution in [0.15, 0.2) is 12.1 Å². The molecule has 2 heterocycles. The van der Waals surface area contributed by atoms with Gasteiger partial charge in [0.25, 0.3) is 5.91 Å². The Morgan fingerprint density at radius 1 is 1.56 bits per heavy atom. The van der Waals surface area contributed by atoms with E-state index in [0.29, 0.717) is 23.8 Å². The number of aromatic nitrogens is 4. The topological polar surface area (TPSA) is 84.8 Å². The fourth-order valence-electron chi connectivity index (χ4n) is 1.62. The van der Waals surface area contributed by atoms with Crippen LogP contribution in [0.2, 0.25) is 0 Å². The van der Waals surface area contributed by atoms with Crippen molar-refractivity contribution in [1.29, 1.82) is 0 Å². The second-order valence-corrected chi connectivity index (χ2v) is 3.97. The van der Waals surface area contributed by atoms with Crippen LogP contribution >= 0.6 is 0 Å². The number of nitrogens with one attached hydrogen (secondary N) is 2. The summed E-state index contributed by atoms with van der Waals surface area (Å²) >= 11 is 0. The van der Waals surface area contributed by atoms with Gasteiger partial charge < -0.3 is 10.1 Å². The summed E-state index contributed by atoms with van der Waals surface area (Å²) < 4.78 is 6.49. The van der Waals surface area contributed by atoms with Crippen LogP contribution in [0.1, 0.15) is 21.9 Å². The summed E-state index contributed by atoms with van der Waals surface area (Å²) in [5.74, 6) is 0.242. The zero-order chi connectivity index (χ0) is 13.1. The average Bonchev–Trinajstić information content (AvgIpc) is 2.86. The molecule has 2 aromatic rings. The summed E-state index contributed by atoms with van der Waals surface area (Å²) in [6.45, 7) is 2.24. The minimum Gasteiger partial charge on any atom is -0.378 e. The highest BCUT2D eigenvalue weighted by molar-refractivity contribution is 6.02. The summed E-state index contributed by atoms with van der Waals surface area (Å²) in [7, 11) is 3.30. The Bertz CT molecular complexity index is 558. The molecule has 0 aliphatic carbocycles. The largest absolute Gasteiger partial charge is 0.378 e. The lowest BCUT2D eigenvalue weighted by atomic mass is 10.3. The van der Waals surface area contributed by atoms with Gasteiger partial charge in [0.05, 0.1) is 12.3 Å². The van der Waals surface area contributed by atoms with Crippen LogP contribution in [0, 0.1) is 6.92 Å². The lowest BCUT2D eigenvalue weighted by Gasteiger charge is -2.00. The molecule has 0 aromatic carbocycles. The van der Waals surface area contributed by atoms with E-state index in [1.807, 2.05) is 6.92 Å². The van der Waals surface area contributed by atoms with Gasteiger partial charge in [0.1, 0.15) is 5.69 Å². The maximum Gasteiger partial charge on any atom is 0.275 e. The molecule has 0 saturated heterocycles. The first kappa shape index (κ1) is 12.3. The van der Waals surface area contributed by atoms with E-state index in [1.165, 1.54) is 4.68 Å². The third kappa shape index (κ3) is 2.57. The molecule has 18 heavy (non-hydrogen) atoms. The molecule has 7 heteroatoms. The number of anilines is 1. The number of ether oxygens (including phenoxy) is 1. The van der Waals surface area contributed by atoms with Crippen molar-refractivity contribution in [3.8, 4) is 0 Å². The van der Waals surface area contributed by atoms with Gasteiger partial charge in [-0.1, -0.05) is 0 Å². The number of H-pyrrole nitrogens is 1. The Kier molecular flexibility index (Phi) is 3.42. The van der Waals surface area contributed by atoms with Crippen LogP contribution in [0.3, 0.4) is 0 Å². The molecular weight excluding hydrogens is 234 g/mol. The van der Waals surface area contributed by atoms with Crippen LogP contribution in [-0.4, -0.2) is 33.0 Å². The van der Waals surface area contributed by atoms with Crippen molar-refractivity contribution in [2.24, 2.45) is 7.05 Å². The Hall–Kier alpha value is -2.15. The Morgan fingerprint density at radius 3 is 2.94 bits per heavy atom. The second kappa shape index (κ2) is 5.01. The number of hydrogen-bond acceptors (Lipinski definition) is 4. The Morgan fingerprint density at radius 2 is 2.33 bits per heavy atom. The van der Waals surface area contributed by atoms with Crippen LogP contribution in [0.4, 0.5) is 5.82 Å². The van der Waals surface area contributed by atoms with Gasteiger partial charge in [0.15, 0.2) is 5.82 Å². The highest BCUT2D eigenvalue weighted by Crippen LogP contribution is 2.09. The molecule has 0 atom stereocenters. The monoisotopic (exact) mass is 249 g/mol. The van der Waals surface area contributed by atoms with Gasteiger partial charge in [-0.05, 0) is 13.0 Å². The maximum atomic E-state index is 12.0. The lowest BCUT2D eigenvalue weighted by Crippen LogP contribution is -2.16. The molecule has 1 amide bonds. The van der Waals surface area contributed by atoms with Crippen molar-refractivity contribution in [1.82, 2.24) is 20.0 Å². The van der Waals surface area contributed by atoms with Gasteiger partial charge >= 0.3 is 0 Å². The molecule has 0 saturated carbocycles. The molecule has 0 unspecified atom stereocenters. The molecule has 7 nitrogen and oxygen atoms in total. The first-order chi connectivity index (χ1) is 8.60. The minimum absolute atomic E-state index is 0.251. The zero-order valence-corrected chi connectivity index (χ0v) is 10.5. The van der Waals surface area contributed by atoms with E-state index in [9.17, 15) is 4.79 Å². The molecule has 2 N–H and O–H groups in total. The molecule has 0 spiro atoms. The number of aryl methyl sites for hydroxylation is 2. The van der Waals surface area contributed by atoms with E-state index >= 15 is 0 Å². The van der Waals surface area contributed by atoms with Crippen molar-refractivity contribution in [2.75, 3.05) is 12.4 Å². The molecule has 0 aliphatic heterocycles. The quantitative estimate of drug-likeness (QED) is 0.841.